The largest absolute Gasteiger partial charge is 0.417 e. The van der Waals surface area contributed by atoms with E-state index < -0.39 is 17.6 Å². The number of halogens is 4. The van der Waals surface area contributed by atoms with Crippen LogP contribution in [0.3, 0.4) is 0 Å². The lowest BCUT2D eigenvalue weighted by atomic mass is 10.0. The van der Waals surface area contributed by atoms with Crippen LogP contribution in [-0.4, -0.2) is 30.4 Å². The van der Waals surface area contributed by atoms with Crippen LogP contribution < -0.4 is 5.32 Å². The molecule has 27 heavy (non-hydrogen) atoms. The Morgan fingerprint density at radius 3 is 2.26 bits per heavy atom. The first kappa shape index (κ1) is 21.3. The average molecular weight is 399 g/mol. The topological polar surface area (TPSA) is 32.3 Å². The third-order valence-corrected chi connectivity index (χ3v) is 4.79. The zero-order valence-electron chi connectivity index (χ0n) is 15.2. The van der Waals surface area contributed by atoms with Crippen molar-refractivity contribution in [3.8, 4) is 0 Å². The van der Waals surface area contributed by atoms with Gasteiger partial charge in [-0.2, -0.15) is 13.2 Å². The van der Waals surface area contributed by atoms with Crippen LogP contribution in [0.4, 0.5) is 13.2 Å². The summed E-state index contributed by atoms with van der Waals surface area (Å²) in [6.45, 7) is 5.53. The summed E-state index contributed by atoms with van der Waals surface area (Å²) in [5.74, 6) is -0.757. The molecule has 0 aliphatic carbocycles. The third kappa shape index (κ3) is 5.23. The molecule has 0 fully saturated rings. The third-order valence-electron chi connectivity index (χ3n) is 4.45. The second-order valence-electron chi connectivity index (χ2n) is 6.01. The molecule has 1 unspecified atom stereocenters. The molecule has 0 bridgehead atoms. The normalized spacial score (nSPS) is 12.9. The van der Waals surface area contributed by atoms with Gasteiger partial charge in [0.05, 0.1) is 17.2 Å². The van der Waals surface area contributed by atoms with E-state index in [4.69, 9.17) is 11.6 Å². The van der Waals surface area contributed by atoms with Gasteiger partial charge in [-0.1, -0.05) is 55.8 Å². The molecular formula is C20H22ClF3N2O. The van der Waals surface area contributed by atoms with Gasteiger partial charge in [-0.3, -0.25) is 9.69 Å². The molecule has 0 radical (unpaired) electrons. The summed E-state index contributed by atoms with van der Waals surface area (Å²) in [6.07, 6.45) is -4.59. The molecule has 7 heteroatoms. The SMILES string of the molecule is CCN(CC)C(CNC(=O)c1ccccc1C(F)(F)F)c1ccccc1Cl. The van der Waals surface area contributed by atoms with Crippen molar-refractivity contribution in [1.82, 2.24) is 10.2 Å². The van der Waals surface area contributed by atoms with E-state index in [0.29, 0.717) is 18.1 Å². The molecular weight excluding hydrogens is 377 g/mol. The van der Waals surface area contributed by atoms with Gasteiger partial charge in [0.25, 0.3) is 5.91 Å². The van der Waals surface area contributed by atoms with Crippen LogP contribution in [0.1, 0.15) is 41.4 Å². The van der Waals surface area contributed by atoms with Crippen LogP contribution >= 0.6 is 11.6 Å². The molecule has 0 aliphatic rings. The number of hydrogen-bond donors (Lipinski definition) is 1. The van der Waals surface area contributed by atoms with E-state index in [1.807, 2.05) is 32.0 Å². The van der Waals surface area contributed by atoms with E-state index in [-0.39, 0.29) is 18.2 Å². The number of likely N-dealkylation sites (N-methyl/N-ethyl adjacent to an activating group) is 1. The Morgan fingerprint density at radius 1 is 1.07 bits per heavy atom. The summed E-state index contributed by atoms with van der Waals surface area (Å²) < 4.78 is 39.5. The predicted octanol–water partition coefficient (Wildman–Crippen LogP) is 5.17. The Labute approximate surface area is 162 Å². The van der Waals surface area contributed by atoms with Crippen molar-refractivity contribution in [2.75, 3.05) is 19.6 Å². The van der Waals surface area contributed by atoms with Crippen molar-refractivity contribution in [3.05, 3.63) is 70.2 Å². The Morgan fingerprint density at radius 2 is 1.67 bits per heavy atom. The van der Waals surface area contributed by atoms with Gasteiger partial charge >= 0.3 is 6.18 Å². The van der Waals surface area contributed by atoms with Gasteiger partial charge in [-0.25, -0.2) is 0 Å². The van der Waals surface area contributed by atoms with E-state index in [1.54, 1.807) is 6.07 Å². The first-order valence-corrected chi connectivity index (χ1v) is 9.10. The quantitative estimate of drug-likeness (QED) is 0.697. The molecule has 2 aromatic rings. The van der Waals surface area contributed by atoms with Crippen LogP contribution in [0, 0.1) is 0 Å². The lowest BCUT2D eigenvalue weighted by Crippen LogP contribution is -2.38. The van der Waals surface area contributed by atoms with Gasteiger partial charge in [0, 0.05) is 11.6 Å². The van der Waals surface area contributed by atoms with Crippen LogP contribution in [-0.2, 0) is 6.18 Å². The van der Waals surface area contributed by atoms with Crippen molar-refractivity contribution in [1.29, 1.82) is 0 Å². The molecule has 146 valence electrons. The van der Waals surface area contributed by atoms with E-state index in [2.05, 4.69) is 10.2 Å². The minimum atomic E-state index is -4.59. The van der Waals surface area contributed by atoms with Crippen molar-refractivity contribution in [2.45, 2.75) is 26.1 Å². The summed E-state index contributed by atoms with van der Waals surface area (Å²) in [5, 5.41) is 3.20. The molecule has 1 N–H and O–H groups in total. The fraction of sp³-hybridized carbons (Fsp3) is 0.350. The first-order chi connectivity index (χ1) is 12.8. The number of carbonyl (C=O) groups is 1. The monoisotopic (exact) mass is 398 g/mol. The molecule has 2 rings (SSSR count). The minimum absolute atomic E-state index is 0.149. The molecule has 0 heterocycles. The summed E-state index contributed by atoms with van der Waals surface area (Å²) in [6, 6.07) is 11.8. The maximum Gasteiger partial charge on any atom is 0.417 e. The van der Waals surface area contributed by atoms with Crippen molar-refractivity contribution >= 4 is 17.5 Å². The average Bonchev–Trinajstić information content (AvgIpc) is 2.65. The molecule has 3 nitrogen and oxygen atoms in total. The lowest BCUT2D eigenvalue weighted by molar-refractivity contribution is -0.137. The van der Waals surface area contributed by atoms with E-state index >= 15 is 0 Å². The molecule has 1 amide bonds. The first-order valence-electron chi connectivity index (χ1n) is 8.72. The van der Waals surface area contributed by atoms with Gasteiger partial charge in [0.2, 0.25) is 0 Å². The number of nitrogens with one attached hydrogen (secondary N) is 1. The lowest BCUT2D eigenvalue weighted by Gasteiger charge is -2.31. The van der Waals surface area contributed by atoms with Crippen LogP contribution in [0.15, 0.2) is 48.5 Å². The molecule has 0 saturated heterocycles. The zero-order chi connectivity index (χ0) is 20.0. The molecule has 0 aromatic heterocycles. The molecule has 0 aliphatic heterocycles. The van der Waals surface area contributed by atoms with E-state index in [1.165, 1.54) is 18.2 Å². The number of carbonyl (C=O) groups excluding carboxylic acids is 1. The summed E-state index contributed by atoms with van der Waals surface area (Å²) in [4.78, 5) is 14.6. The van der Waals surface area contributed by atoms with Crippen LogP contribution in [0.2, 0.25) is 5.02 Å². The maximum atomic E-state index is 13.2. The summed E-state index contributed by atoms with van der Waals surface area (Å²) in [7, 11) is 0. The van der Waals surface area contributed by atoms with E-state index in [9.17, 15) is 18.0 Å². The number of amides is 1. The predicted molar refractivity (Wildman–Crippen MR) is 101 cm³/mol. The summed E-state index contributed by atoms with van der Waals surface area (Å²) >= 11 is 6.31. The number of nitrogens with zero attached hydrogens (tertiary/aromatic N) is 1. The van der Waals surface area contributed by atoms with Gasteiger partial charge < -0.3 is 5.32 Å². The number of benzene rings is 2. The van der Waals surface area contributed by atoms with Gasteiger partial charge in [0.1, 0.15) is 0 Å². The van der Waals surface area contributed by atoms with Crippen LogP contribution in [0.5, 0.6) is 0 Å². The minimum Gasteiger partial charge on any atom is -0.350 e. The Balaban J connectivity index is 2.26. The highest BCUT2D eigenvalue weighted by molar-refractivity contribution is 6.31. The molecule has 1 atom stereocenters. The highest BCUT2D eigenvalue weighted by Gasteiger charge is 2.35. The van der Waals surface area contributed by atoms with E-state index in [0.717, 1.165) is 11.6 Å². The van der Waals surface area contributed by atoms with Crippen LogP contribution in [0.25, 0.3) is 0 Å². The molecule has 2 aromatic carbocycles. The number of alkyl halides is 3. The van der Waals surface area contributed by atoms with Crippen molar-refractivity contribution < 1.29 is 18.0 Å². The zero-order valence-corrected chi connectivity index (χ0v) is 15.9. The highest BCUT2D eigenvalue weighted by atomic mass is 35.5. The fourth-order valence-electron chi connectivity index (χ4n) is 3.06. The standard InChI is InChI=1S/C20H22ClF3N2O/c1-3-26(4-2)18(15-10-6-8-12-17(15)21)13-25-19(27)14-9-5-7-11-16(14)20(22,23)24/h5-12,18H,3-4,13H2,1-2H3,(H,25,27). The molecule has 0 spiro atoms. The fourth-order valence-corrected chi connectivity index (χ4v) is 3.32. The van der Waals surface area contributed by atoms with Gasteiger partial charge in [-0.15, -0.1) is 0 Å². The number of hydrogen-bond acceptors (Lipinski definition) is 2. The second kappa shape index (κ2) is 9.24. The maximum absolute atomic E-state index is 13.2. The highest BCUT2D eigenvalue weighted by Crippen LogP contribution is 2.32. The second-order valence-corrected chi connectivity index (χ2v) is 6.42. The summed E-state index contributed by atoms with van der Waals surface area (Å²) in [5.41, 5.74) is -0.505. The Bertz CT molecular complexity index is 776. The Kier molecular flexibility index (Phi) is 7.27. The smallest absolute Gasteiger partial charge is 0.350 e. The van der Waals surface area contributed by atoms with Gasteiger partial charge in [-0.05, 0) is 36.9 Å². The van der Waals surface area contributed by atoms with Gasteiger partial charge in [0.15, 0.2) is 0 Å². The number of rotatable bonds is 7. The van der Waals surface area contributed by atoms with Crippen molar-refractivity contribution in [3.63, 3.8) is 0 Å². The molecule has 0 saturated carbocycles. The Hall–Kier alpha value is -2.05. The van der Waals surface area contributed by atoms with Crippen molar-refractivity contribution in [2.24, 2.45) is 0 Å².